The highest BCUT2D eigenvalue weighted by atomic mass is 35.5. The van der Waals surface area contributed by atoms with Crippen LogP contribution in [0, 0.1) is 0 Å². The van der Waals surface area contributed by atoms with Crippen LogP contribution in [0.25, 0.3) is 0 Å². The van der Waals surface area contributed by atoms with Gasteiger partial charge >= 0.3 is 0 Å². The first-order chi connectivity index (χ1) is 19.8. The molecule has 0 unspecified atom stereocenters. The lowest BCUT2D eigenvalue weighted by Crippen LogP contribution is -2.48. The number of nitrogens with one attached hydrogen (secondary N) is 1. The van der Waals surface area contributed by atoms with Gasteiger partial charge in [-0.1, -0.05) is 35.3 Å². The number of carbonyl (C=O) groups excluding carboxylic acids is 1. The summed E-state index contributed by atoms with van der Waals surface area (Å²) < 4.78 is 34.8. The van der Waals surface area contributed by atoms with Crippen LogP contribution < -0.4 is 15.0 Å². The Balaban J connectivity index is 1.13. The van der Waals surface area contributed by atoms with Crippen molar-refractivity contribution >= 4 is 68.1 Å². The van der Waals surface area contributed by atoms with Gasteiger partial charge in [0.2, 0.25) is 0 Å². The van der Waals surface area contributed by atoms with E-state index < -0.39 is 10.0 Å². The number of aliphatic imine (C=N–C) groups is 1. The molecule has 1 aromatic heterocycles. The molecule has 6 rings (SSSR count). The average Bonchev–Trinajstić information content (AvgIpc) is 3.39. The highest BCUT2D eigenvalue weighted by Crippen LogP contribution is 2.42. The zero-order chi connectivity index (χ0) is 28.6. The quantitative estimate of drug-likeness (QED) is 0.237. The first kappa shape index (κ1) is 27.7. The Morgan fingerprint density at radius 2 is 1.68 bits per heavy atom. The maximum Gasteiger partial charge on any atom is 0.252 e. The Bertz CT molecular complexity index is 1750. The Hall–Kier alpha value is -3.41. The minimum absolute atomic E-state index is 0.223. The number of thiophene rings is 1. The topological polar surface area (TPSA) is 91.3 Å². The summed E-state index contributed by atoms with van der Waals surface area (Å²) in [5, 5.41) is 3.92. The third-order valence-corrected chi connectivity index (χ3v) is 10.9. The van der Waals surface area contributed by atoms with Crippen molar-refractivity contribution in [3.8, 4) is 11.5 Å². The monoisotopic (exact) mass is 626 g/mol. The highest BCUT2D eigenvalue weighted by Gasteiger charge is 2.32. The molecular weight excluding hydrogens is 603 g/mol. The van der Waals surface area contributed by atoms with Gasteiger partial charge in [0.25, 0.3) is 15.9 Å². The predicted molar refractivity (Wildman–Crippen MR) is 163 cm³/mol. The number of carbonyl (C=O) groups is 1. The van der Waals surface area contributed by atoms with Gasteiger partial charge in [0.1, 0.15) is 15.6 Å². The zero-order valence-electron chi connectivity index (χ0n) is 21.6. The van der Waals surface area contributed by atoms with Crippen molar-refractivity contribution in [1.29, 1.82) is 0 Å². The Kier molecular flexibility index (Phi) is 7.76. The van der Waals surface area contributed by atoms with Crippen molar-refractivity contribution < 1.29 is 17.9 Å². The van der Waals surface area contributed by atoms with Crippen molar-refractivity contribution in [2.45, 2.75) is 10.8 Å². The second-order valence-electron chi connectivity index (χ2n) is 9.44. The molecule has 12 heteroatoms. The maximum atomic E-state index is 13.5. The van der Waals surface area contributed by atoms with E-state index in [1.54, 1.807) is 48.7 Å². The maximum absolute atomic E-state index is 13.5. The number of benzene rings is 3. The molecular formula is C29H24Cl2N4O4S2. The average molecular weight is 628 g/mol. The fourth-order valence-electron chi connectivity index (χ4n) is 4.74. The number of piperazine rings is 1. The number of hydrogen-bond donors (Lipinski definition) is 1. The number of anilines is 1. The molecule has 0 spiro atoms. The van der Waals surface area contributed by atoms with Crippen molar-refractivity contribution in [2.75, 3.05) is 31.1 Å². The number of ether oxygens (including phenoxy) is 1. The van der Waals surface area contributed by atoms with E-state index in [9.17, 15) is 13.2 Å². The smallest absolute Gasteiger partial charge is 0.252 e. The van der Waals surface area contributed by atoms with Crippen LogP contribution >= 0.6 is 34.5 Å². The van der Waals surface area contributed by atoms with Crippen LogP contribution in [0.15, 0.2) is 82.0 Å². The molecule has 0 radical (unpaired) electrons. The minimum Gasteiger partial charge on any atom is -0.454 e. The molecule has 41 heavy (non-hydrogen) atoms. The number of nitrogens with zero attached hydrogens (tertiary/aromatic N) is 3. The predicted octanol–water partition coefficient (Wildman–Crippen LogP) is 6.35. The summed E-state index contributed by atoms with van der Waals surface area (Å²) in [6.07, 6.45) is 1.75. The van der Waals surface area contributed by atoms with Gasteiger partial charge in [-0.3, -0.25) is 9.79 Å². The molecule has 1 saturated heterocycles. The summed E-state index contributed by atoms with van der Waals surface area (Å²) in [5.74, 6) is 1.04. The molecule has 1 N–H and O–H groups in total. The minimum atomic E-state index is -3.70. The Labute approximate surface area is 251 Å². The van der Waals surface area contributed by atoms with Crippen LogP contribution in [-0.4, -0.2) is 51.0 Å². The van der Waals surface area contributed by atoms with Crippen molar-refractivity contribution in [2.24, 2.45) is 4.99 Å². The molecule has 0 atom stereocenters. The molecule has 210 valence electrons. The molecule has 8 nitrogen and oxygen atoms in total. The van der Waals surface area contributed by atoms with Crippen LogP contribution in [0.1, 0.15) is 20.8 Å². The van der Waals surface area contributed by atoms with E-state index in [-0.39, 0.29) is 16.7 Å². The molecule has 3 heterocycles. The molecule has 3 aromatic carbocycles. The van der Waals surface area contributed by atoms with Crippen LogP contribution in [0.3, 0.4) is 0 Å². The fraction of sp³-hybridized carbons (Fsp3) is 0.172. The van der Waals surface area contributed by atoms with Gasteiger partial charge in [-0.15, -0.1) is 11.3 Å². The van der Waals surface area contributed by atoms with Gasteiger partial charge in [-0.25, -0.2) is 8.42 Å². The van der Waals surface area contributed by atoms with E-state index >= 15 is 0 Å². The molecule has 2 aliphatic rings. The van der Waals surface area contributed by atoms with E-state index in [2.05, 4.69) is 15.2 Å². The van der Waals surface area contributed by atoms with Gasteiger partial charge < -0.3 is 15.0 Å². The van der Waals surface area contributed by atoms with Crippen LogP contribution in [0.2, 0.25) is 10.0 Å². The standard InChI is InChI=1S/C29H24Cl2N4O4S2/c30-20-7-5-19(6-8-20)29(36)33-17-21-9-12-27(40-21)41(37,38)35-15-13-34(14-16-35)28-22-18-32-24-3-1-2-4-26(24)39-25(22)11-10-23(28)31/h1-12,18H,13-17H2,(H,33,36). The first-order valence-corrected chi connectivity index (χ1v) is 15.8. The number of amides is 1. The third-order valence-electron chi connectivity index (χ3n) is 6.86. The van der Waals surface area contributed by atoms with Gasteiger partial charge in [0.15, 0.2) is 5.75 Å². The summed E-state index contributed by atoms with van der Waals surface area (Å²) in [7, 11) is -3.70. The van der Waals surface area contributed by atoms with E-state index in [4.69, 9.17) is 27.9 Å². The lowest BCUT2D eigenvalue weighted by atomic mass is 10.1. The summed E-state index contributed by atoms with van der Waals surface area (Å²) in [4.78, 5) is 19.8. The molecule has 0 bridgehead atoms. The van der Waals surface area contributed by atoms with Crippen molar-refractivity contribution in [3.63, 3.8) is 0 Å². The number of hydrogen-bond acceptors (Lipinski definition) is 7. The summed E-state index contributed by atoms with van der Waals surface area (Å²) in [5.41, 5.74) is 2.73. The summed E-state index contributed by atoms with van der Waals surface area (Å²) >= 11 is 13.7. The molecule has 1 fully saturated rings. The third kappa shape index (κ3) is 5.71. The van der Waals surface area contributed by atoms with Gasteiger partial charge in [-0.05, 0) is 60.7 Å². The number of para-hydroxylation sites is 2. The second kappa shape index (κ2) is 11.5. The SMILES string of the molecule is O=C(NCc1ccc(S(=O)(=O)N2CCN(c3c(Cl)ccc4c3C=Nc3ccccc3O4)CC2)s1)c1ccc(Cl)cc1. The van der Waals surface area contributed by atoms with Gasteiger partial charge in [0.05, 0.1) is 22.8 Å². The van der Waals surface area contributed by atoms with E-state index in [1.807, 2.05) is 30.3 Å². The normalized spacial score (nSPS) is 15.0. The largest absolute Gasteiger partial charge is 0.454 e. The number of sulfonamides is 1. The number of rotatable bonds is 6. The summed E-state index contributed by atoms with van der Waals surface area (Å²) in [6, 6.07) is 21.0. The number of halogens is 2. The zero-order valence-corrected chi connectivity index (χ0v) is 24.7. The molecule has 1 amide bonds. The molecule has 0 saturated carbocycles. The Morgan fingerprint density at radius 3 is 2.46 bits per heavy atom. The first-order valence-electron chi connectivity index (χ1n) is 12.8. The van der Waals surface area contributed by atoms with Crippen LogP contribution in [0.5, 0.6) is 11.5 Å². The second-order valence-corrected chi connectivity index (χ2v) is 13.6. The fourth-order valence-corrected chi connectivity index (χ4v) is 8.02. The molecule has 0 aliphatic carbocycles. The van der Waals surface area contributed by atoms with Gasteiger partial charge in [0, 0.05) is 47.9 Å². The van der Waals surface area contributed by atoms with Crippen LogP contribution in [0.4, 0.5) is 11.4 Å². The Morgan fingerprint density at radius 1 is 0.927 bits per heavy atom. The van der Waals surface area contributed by atoms with Gasteiger partial charge in [-0.2, -0.15) is 4.31 Å². The van der Waals surface area contributed by atoms with Crippen molar-refractivity contribution in [1.82, 2.24) is 9.62 Å². The summed E-state index contributed by atoms with van der Waals surface area (Å²) in [6.45, 7) is 1.71. The lowest BCUT2D eigenvalue weighted by molar-refractivity contribution is 0.0951. The van der Waals surface area contributed by atoms with E-state index in [1.165, 1.54) is 4.31 Å². The molecule has 4 aromatic rings. The van der Waals surface area contributed by atoms with Crippen LogP contribution in [-0.2, 0) is 16.6 Å². The molecule has 2 aliphatic heterocycles. The lowest BCUT2D eigenvalue weighted by Gasteiger charge is -2.36. The van der Waals surface area contributed by atoms with E-state index in [0.717, 1.165) is 33.2 Å². The number of fused-ring (bicyclic) bond motifs is 2. The van der Waals surface area contributed by atoms with E-state index in [0.29, 0.717) is 53.3 Å². The highest BCUT2D eigenvalue weighted by molar-refractivity contribution is 7.91. The van der Waals surface area contributed by atoms with Crippen molar-refractivity contribution in [3.05, 3.63) is 98.8 Å².